The molecule has 0 saturated carbocycles. The lowest BCUT2D eigenvalue weighted by Crippen LogP contribution is -2.48. The van der Waals surface area contributed by atoms with Crippen molar-refractivity contribution in [3.05, 3.63) is 63.6 Å². The summed E-state index contributed by atoms with van der Waals surface area (Å²) in [5, 5.41) is 2.11. The van der Waals surface area contributed by atoms with Gasteiger partial charge in [-0.1, -0.05) is 72.8 Å². The van der Waals surface area contributed by atoms with Crippen LogP contribution < -0.4 is 4.90 Å². The van der Waals surface area contributed by atoms with Crippen LogP contribution in [0.5, 0.6) is 0 Å². The van der Waals surface area contributed by atoms with Gasteiger partial charge in [0.15, 0.2) is 0 Å². The summed E-state index contributed by atoms with van der Waals surface area (Å²) >= 11 is 17.7. The van der Waals surface area contributed by atoms with Crippen molar-refractivity contribution in [3.8, 4) is 0 Å². The van der Waals surface area contributed by atoms with Gasteiger partial charge in [-0.3, -0.25) is 4.79 Å². The fraction of sp³-hybridized carbons (Fsp3) is 0.409. The second kappa shape index (κ2) is 12.2. The molecule has 0 spiro atoms. The first-order valence-electron chi connectivity index (χ1n) is 9.69. The topological polar surface area (TPSA) is 23.6 Å². The van der Waals surface area contributed by atoms with Crippen molar-refractivity contribution in [1.29, 1.82) is 0 Å². The quantitative estimate of drug-likeness (QED) is 0.490. The van der Waals surface area contributed by atoms with E-state index < -0.39 is 0 Å². The van der Waals surface area contributed by atoms with Crippen LogP contribution in [0.1, 0.15) is 32.6 Å². The van der Waals surface area contributed by atoms with Crippen LogP contribution in [0, 0.1) is 0 Å². The highest BCUT2D eigenvalue weighted by atomic mass is 35.5. The summed E-state index contributed by atoms with van der Waals surface area (Å²) in [4.78, 5) is 16.3. The summed E-state index contributed by atoms with van der Waals surface area (Å²) in [5.74, 6) is 0.283. The molecule has 1 fully saturated rings. The number of amides is 1. The zero-order chi connectivity index (χ0) is 20.4. The van der Waals surface area contributed by atoms with Crippen LogP contribution in [-0.4, -0.2) is 37.0 Å². The van der Waals surface area contributed by atoms with Gasteiger partial charge in [-0.05, 0) is 36.8 Å². The van der Waals surface area contributed by atoms with Crippen molar-refractivity contribution in [2.75, 3.05) is 31.1 Å². The van der Waals surface area contributed by atoms with Crippen LogP contribution in [0.4, 0.5) is 5.69 Å². The summed E-state index contributed by atoms with van der Waals surface area (Å²) in [6.45, 7) is 5.33. The minimum atomic E-state index is 0.283. The summed E-state index contributed by atoms with van der Waals surface area (Å²) in [6.07, 6.45) is 3.95. The summed E-state index contributed by atoms with van der Waals surface area (Å²) in [6, 6.07) is 15.0. The van der Waals surface area contributed by atoms with E-state index in [1.165, 1.54) is 0 Å². The summed E-state index contributed by atoms with van der Waals surface area (Å²) in [7, 11) is 0. The number of nitrogens with zero attached hydrogens (tertiary/aromatic N) is 2. The van der Waals surface area contributed by atoms with Crippen LogP contribution in [0.15, 0.2) is 48.5 Å². The predicted molar refractivity (Wildman–Crippen MR) is 121 cm³/mol. The van der Waals surface area contributed by atoms with Gasteiger partial charge in [0.1, 0.15) is 0 Å². The van der Waals surface area contributed by atoms with Crippen LogP contribution >= 0.6 is 34.8 Å². The fourth-order valence-electron chi connectivity index (χ4n) is 3.03. The first kappa shape index (κ1) is 22.9. The minimum Gasteiger partial charge on any atom is -0.367 e. The molecule has 2 aromatic rings. The Morgan fingerprint density at radius 3 is 2.11 bits per heavy atom. The van der Waals surface area contributed by atoms with Gasteiger partial charge in [-0.15, -0.1) is 0 Å². The van der Waals surface area contributed by atoms with Gasteiger partial charge in [-0.2, -0.15) is 0 Å². The van der Waals surface area contributed by atoms with Crippen molar-refractivity contribution >= 4 is 46.4 Å². The van der Waals surface area contributed by atoms with E-state index in [4.69, 9.17) is 34.8 Å². The third kappa shape index (κ3) is 7.54. The molecule has 0 unspecified atom stereocenters. The zero-order valence-corrected chi connectivity index (χ0v) is 18.5. The van der Waals surface area contributed by atoms with E-state index in [1.807, 2.05) is 47.4 Å². The molecule has 3 rings (SSSR count). The molecule has 0 radical (unpaired) electrons. The number of unbranched alkanes of at least 4 members (excludes halogenated alkanes) is 2. The molecule has 1 amide bonds. The third-order valence-electron chi connectivity index (χ3n) is 4.61. The number of benzene rings is 2. The van der Waals surface area contributed by atoms with E-state index in [1.54, 1.807) is 6.07 Å². The van der Waals surface area contributed by atoms with E-state index in [9.17, 15) is 4.79 Å². The zero-order valence-electron chi connectivity index (χ0n) is 16.2. The Hall–Kier alpha value is -1.42. The van der Waals surface area contributed by atoms with Gasteiger partial charge < -0.3 is 9.80 Å². The predicted octanol–water partition coefficient (Wildman–Crippen LogP) is 6.56. The lowest BCUT2D eigenvalue weighted by atomic mass is 10.1. The molecule has 1 heterocycles. The third-order valence-corrected chi connectivity index (χ3v) is 5.40. The minimum absolute atomic E-state index is 0.283. The van der Waals surface area contributed by atoms with Crippen molar-refractivity contribution in [2.24, 2.45) is 0 Å². The van der Waals surface area contributed by atoms with Gasteiger partial charge in [0.2, 0.25) is 5.91 Å². The SMILES string of the molecule is CCCCCC(=O)N1CCN(c2ccc(Cl)cc2Cl)CC1.Clc1ccccc1. The van der Waals surface area contributed by atoms with Crippen LogP contribution in [0.25, 0.3) is 0 Å². The summed E-state index contributed by atoms with van der Waals surface area (Å²) < 4.78 is 0. The number of rotatable bonds is 5. The Kier molecular flexibility index (Phi) is 9.97. The number of carbonyl (C=O) groups excluding carboxylic acids is 1. The molecule has 0 aliphatic carbocycles. The van der Waals surface area contributed by atoms with Crippen LogP contribution in [0.3, 0.4) is 0 Å². The smallest absolute Gasteiger partial charge is 0.222 e. The number of anilines is 1. The van der Waals surface area contributed by atoms with E-state index in [0.717, 1.165) is 56.2 Å². The molecule has 3 nitrogen and oxygen atoms in total. The Balaban J connectivity index is 0.000000336. The lowest BCUT2D eigenvalue weighted by Gasteiger charge is -2.36. The van der Waals surface area contributed by atoms with E-state index in [-0.39, 0.29) is 5.91 Å². The Bertz CT molecular complexity index is 732. The molecule has 6 heteroatoms. The average molecular weight is 442 g/mol. The van der Waals surface area contributed by atoms with Crippen molar-refractivity contribution in [2.45, 2.75) is 32.6 Å². The molecule has 0 aromatic heterocycles. The number of carbonyl (C=O) groups is 1. The number of piperazine rings is 1. The molecule has 0 bridgehead atoms. The second-order valence-electron chi connectivity index (χ2n) is 6.72. The maximum Gasteiger partial charge on any atom is 0.222 e. The van der Waals surface area contributed by atoms with Crippen molar-refractivity contribution < 1.29 is 4.79 Å². The second-order valence-corrected chi connectivity index (χ2v) is 8.00. The molecule has 1 saturated heterocycles. The highest BCUT2D eigenvalue weighted by Gasteiger charge is 2.22. The van der Waals surface area contributed by atoms with Gasteiger partial charge >= 0.3 is 0 Å². The maximum absolute atomic E-state index is 12.1. The molecule has 0 N–H and O–H groups in total. The van der Waals surface area contributed by atoms with E-state index in [0.29, 0.717) is 16.5 Å². The van der Waals surface area contributed by atoms with Crippen LogP contribution in [-0.2, 0) is 4.79 Å². The molecule has 1 aliphatic heterocycles. The highest BCUT2D eigenvalue weighted by Crippen LogP contribution is 2.29. The normalized spacial score (nSPS) is 13.7. The van der Waals surface area contributed by atoms with Crippen molar-refractivity contribution in [3.63, 3.8) is 0 Å². The molecule has 28 heavy (non-hydrogen) atoms. The Morgan fingerprint density at radius 2 is 1.57 bits per heavy atom. The monoisotopic (exact) mass is 440 g/mol. The molecule has 1 aliphatic rings. The lowest BCUT2D eigenvalue weighted by molar-refractivity contribution is -0.131. The van der Waals surface area contributed by atoms with E-state index in [2.05, 4.69) is 11.8 Å². The number of hydrogen-bond acceptors (Lipinski definition) is 2. The fourth-order valence-corrected chi connectivity index (χ4v) is 3.71. The Labute approximate surface area is 183 Å². The number of halogens is 3. The molecule has 0 atom stereocenters. The molecule has 2 aromatic carbocycles. The van der Waals surface area contributed by atoms with Gasteiger partial charge in [0, 0.05) is 42.6 Å². The first-order valence-corrected chi connectivity index (χ1v) is 10.8. The van der Waals surface area contributed by atoms with Gasteiger partial charge in [0.05, 0.1) is 10.7 Å². The molecule has 152 valence electrons. The van der Waals surface area contributed by atoms with Crippen molar-refractivity contribution in [1.82, 2.24) is 4.90 Å². The molecular weight excluding hydrogens is 415 g/mol. The average Bonchev–Trinajstić information content (AvgIpc) is 2.69. The first-order chi connectivity index (χ1) is 13.5. The Morgan fingerprint density at radius 1 is 0.893 bits per heavy atom. The number of hydrogen-bond donors (Lipinski definition) is 0. The molecular formula is C22H27Cl3N2O. The van der Waals surface area contributed by atoms with E-state index >= 15 is 0 Å². The standard InChI is InChI=1S/C16H22Cl2N2O.C6H5Cl/c1-2-3-4-5-16(21)20-10-8-19(9-11-20)15-7-6-13(17)12-14(15)18;7-6-4-2-1-3-5-6/h6-7,12H,2-5,8-11H2,1H3;1-5H. The van der Waals surface area contributed by atoms with Gasteiger partial charge in [-0.25, -0.2) is 0 Å². The largest absolute Gasteiger partial charge is 0.367 e. The summed E-state index contributed by atoms with van der Waals surface area (Å²) in [5.41, 5.74) is 0.999. The maximum atomic E-state index is 12.1. The van der Waals surface area contributed by atoms with Gasteiger partial charge in [0.25, 0.3) is 0 Å². The highest BCUT2D eigenvalue weighted by molar-refractivity contribution is 6.36. The van der Waals surface area contributed by atoms with Crippen LogP contribution in [0.2, 0.25) is 15.1 Å².